The predicted molar refractivity (Wildman–Crippen MR) is 78.0 cm³/mol. The van der Waals surface area contributed by atoms with Crippen molar-refractivity contribution in [3.63, 3.8) is 0 Å². The Hall–Kier alpha value is -1.35. The van der Waals surface area contributed by atoms with E-state index in [1.54, 1.807) is 0 Å². The van der Waals surface area contributed by atoms with E-state index in [2.05, 4.69) is 43.4 Å². The highest BCUT2D eigenvalue weighted by Crippen LogP contribution is 2.13. The first-order chi connectivity index (χ1) is 9.16. The summed E-state index contributed by atoms with van der Waals surface area (Å²) in [4.78, 5) is 14.0. The summed E-state index contributed by atoms with van der Waals surface area (Å²) in [6, 6.07) is 8.69. The lowest BCUT2D eigenvalue weighted by atomic mass is 10.1. The van der Waals surface area contributed by atoms with Crippen LogP contribution >= 0.6 is 0 Å². The van der Waals surface area contributed by atoms with Crippen molar-refractivity contribution in [1.82, 2.24) is 10.2 Å². The van der Waals surface area contributed by atoms with Crippen LogP contribution in [0.4, 0.5) is 0 Å². The molecule has 1 atom stereocenters. The normalized spacial score (nSPS) is 17.3. The molecule has 3 heteroatoms. The van der Waals surface area contributed by atoms with Gasteiger partial charge in [0.05, 0.1) is 6.54 Å². The molecule has 1 heterocycles. The summed E-state index contributed by atoms with van der Waals surface area (Å²) < 4.78 is 0. The minimum absolute atomic E-state index is 0.217. The fourth-order valence-corrected chi connectivity index (χ4v) is 2.47. The van der Waals surface area contributed by atoms with Crippen LogP contribution in [-0.2, 0) is 4.79 Å². The van der Waals surface area contributed by atoms with Gasteiger partial charge in [-0.25, -0.2) is 0 Å². The molecule has 3 nitrogen and oxygen atoms in total. The van der Waals surface area contributed by atoms with Crippen LogP contribution < -0.4 is 5.32 Å². The summed E-state index contributed by atoms with van der Waals surface area (Å²) in [6.07, 6.45) is 3.56. The molecule has 1 amide bonds. The van der Waals surface area contributed by atoms with Gasteiger partial charge in [-0.3, -0.25) is 4.79 Å². The molecule has 0 unspecified atom stereocenters. The van der Waals surface area contributed by atoms with Gasteiger partial charge in [0, 0.05) is 19.1 Å². The van der Waals surface area contributed by atoms with Gasteiger partial charge < -0.3 is 10.2 Å². The van der Waals surface area contributed by atoms with Crippen molar-refractivity contribution >= 4 is 5.91 Å². The van der Waals surface area contributed by atoms with Crippen LogP contribution in [0.25, 0.3) is 0 Å². The highest BCUT2D eigenvalue weighted by Gasteiger charge is 2.16. The minimum atomic E-state index is 0.217. The highest BCUT2D eigenvalue weighted by molar-refractivity contribution is 5.78. The van der Waals surface area contributed by atoms with Crippen LogP contribution in [0.1, 0.15) is 43.4 Å². The van der Waals surface area contributed by atoms with Crippen LogP contribution in [0.2, 0.25) is 0 Å². The highest BCUT2D eigenvalue weighted by atomic mass is 16.2. The second-order valence-corrected chi connectivity index (χ2v) is 5.45. The van der Waals surface area contributed by atoms with Crippen molar-refractivity contribution in [2.75, 3.05) is 19.6 Å². The number of hydrogen-bond donors (Lipinski definition) is 1. The zero-order valence-corrected chi connectivity index (χ0v) is 12.0. The minimum Gasteiger partial charge on any atom is -0.342 e. The van der Waals surface area contributed by atoms with Gasteiger partial charge in [-0.15, -0.1) is 0 Å². The molecular formula is C16H24N2O. The van der Waals surface area contributed by atoms with Crippen molar-refractivity contribution in [1.29, 1.82) is 0 Å². The molecule has 0 bridgehead atoms. The number of benzene rings is 1. The molecule has 19 heavy (non-hydrogen) atoms. The summed E-state index contributed by atoms with van der Waals surface area (Å²) >= 11 is 0. The third-order valence-electron chi connectivity index (χ3n) is 3.85. The number of carbonyl (C=O) groups is 1. The zero-order valence-electron chi connectivity index (χ0n) is 12.0. The molecule has 0 spiro atoms. The van der Waals surface area contributed by atoms with Gasteiger partial charge in [0.15, 0.2) is 0 Å². The number of rotatable bonds is 4. The maximum Gasteiger partial charge on any atom is 0.236 e. The van der Waals surface area contributed by atoms with E-state index in [1.807, 2.05) is 4.90 Å². The molecule has 0 radical (unpaired) electrons. The fraction of sp³-hybridized carbons (Fsp3) is 0.562. The van der Waals surface area contributed by atoms with Crippen LogP contribution in [0, 0.1) is 6.92 Å². The Morgan fingerprint density at radius 1 is 1.21 bits per heavy atom. The molecule has 0 aliphatic carbocycles. The molecule has 1 aromatic carbocycles. The van der Waals surface area contributed by atoms with Gasteiger partial charge >= 0.3 is 0 Å². The topological polar surface area (TPSA) is 32.3 Å². The van der Waals surface area contributed by atoms with Gasteiger partial charge in [0.2, 0.25) is 5.91 Å². The Morgan fingerprint density at radius 3 is 2.47 bits per heavy atom. The number of nitrogens with one attached hydrogen (secondary N) is 1. The quantitative estimate of drug-likeness (QED) is 0.902. The molecule has 1 aliphatic heterocycles. The summed E-state index contributed by atoms with van der Waals surface area (Å²) in [5, 5.41) is 3.32. The van der Waals surface area contributed by atoms with Gasteiger partial charge in [-0.2, -0.15) is 0 Å². The van der Waals surface area contributed by atoms with Crippen LogP contribution in [-0.4, -0.2) is 30.4 Å². The lowest BCUT2D eigenvalue weighted by Gasteiger charge is -2.27. The molecule has 1 aliphatic rings. The van der Waals surface area contributed by atoms with E-state index < -0.39 is 0 Å². The molecule has 1 aromatic rings. The molecular weight excluding hydrogens is 236 g/mol. The fourth-order valence-electron chi connectivity index (χ4n) is 2.47. The number of aryl methyl sites for hydroxylation is 1. The predicted octanol–water partition coefficient (Wildman–Crippen LogP) is 2.66. The molecule has 104 valence electrons. The monoisotopic (exact) mass is 260 g/mol. The van der Waals surface area contributed by atoms with Crippen LogP contribution in [0.15, 0.2) is 24.3 Å². The van der Waals surface area contributed by atoms with E-state index in [-0.39, 0.29) is 11.9 Å². The third kappa shape index (κ3) is 4.06. The van der Waals surface area contributed by atoms with E-state index in [4.69, 9.17) is 0 Å². The lowest BCUT2D eigenvalue weighted by molar-refractivity contribution is -0.131. The summed E-state index contributed by atoms with van der Waals surface area (Å²) in [5.41, 5.74) is 2.50. The Balaban J connectivity index is 1.80. The Labute approximate surface area is 116 Å². The second-order valence-electron chi connectivity index (χ2n) is 5.45. The molecule has 1 saturated heterocycles. The number of carbonyl (C=O) groups excluding carboxylic acids is 1. The van der Waals surface area contributed by atoms with Crippen molar-refractivity contribution in [2.24, 2.45) is 0 Å². The first kappa shape index (κ1) is 14.1. The maximum atomic E-state index is 12.1. The first-order valence-corrected chi connectivity index (χ1v) is 7.24. The third-order valence-corrected chi connectivity index (χ3v) is 3.85. The van der Waals surface area contributed by atoms with Crippen LogP contribution in [0.3, 0.4) is 0 Å². The average Bonchev–Trinajstić information content (AvgIpc) is 2.46. The van der Waals surface area contributed by atoms with Crippen molar-refractivity contribution < 1.29 is 4.79 Å². The number of piperidine rings is 1. The summed E-state index contributed by atoms with van der Waals surface area (Å²) in [5.74, 6) is 0.235. The van der Waals surface area contributed by atoms with Crippen LogP contribution in [0.5, 0.6) is 0 Å². The van der Waals surface area contributed by atoms with E-state index in [9.17, 15) is 4.79 Å². The molecule has 0 saturated carbocycles. The van der Waals surface area contributed by atoms with Crippen molar-refractivity contribution in [3.8, 4) is 0 Å². The molecule has 0 aromatic heterocycles. The first-order valence-electron chi connectivity index (χ1n) is 7.24. The van der Waals surface area contributed by atoms with Gasteiger partial charge in [0.25, 0.3) is 0 Å². The van der Waals surface area contributed by atoms with Gasteiger partial charge in [0.1, 0.15) is 0 Å². The van der Waals surface area contributed by atoms with E-state index in [0.29, 0.717) is 6.54 Å². The molecule has 2 rings (SSSR count). The molecule has 1 fully saturated rings. The summed E-state index contributed by atoms with van der Waals surface area (Å²) in [6.45, 7) is 6.49. The Morgan fingerprint density at radius 2 is 1.84 bits per heavy atom. The van der Waals surface area contributed by atoms with Gasteiger partial charge in [-0.05, 0) is 38.7 Å². The maximum absolute atomic E-state index is 12.1. The summed E-state index contributed by atoms with van der Waals surface area (Å²) in [7, 11) is 0. The average molecular weight is 260 g/mol. The van der Waals surface area contributed by atoms with Gasteiger partial charge in [-0.1, -0.05) is 29.8 Å². The molecule has 1 N–H and O–H groups in total. The largest absolute Gasteiger partial charge is 0.342 e. The standard InChI is InChI=1S/C16H24N2O/c1-13-6-8-15(9-7-13)14(2)17-12-16(19)18-10-4-3-5-11-18/h6-9,14,17H,3-5,10-12H2,1-2H3/t14-/m0/s1. The number of amides is 1. The van der Waals surface area contributed by atoms with Crippen molar-refractivity contribution in [2.45, 2.75) is 39.2 Å². The lowest BCUT2D eigenvalue weighted by Crippen LogP contribution is -2.41. The Bertz CT molecular complexity index is 407. The Kier molecular flexibility index (Phi) is 4.97. The van der Waals surface area contributed by atoms with E-state index in [0.717, 1.165) is 25.9 Å². The SMILES string of the molecule is Cc1ccc([C@H](C)NCC(=O)N2CCCCC2)cc1. The number of nitrogens with zero attached hydrogens (tertiary/aromatic N) is 1. The second kappa shape index (κ2) is 6.71. The number of likely N-dealkylation sites (tertiary alicyclic amines) is 1. The smallest absolute Gasteiger partial charge is 0.236 e. The number of hydrogen-bond acceptors (Lipinski definition) is 2. The van der Waals surface area contributed by atoms with E-state index in [1.165, 1.54) is 17.5 Å². The zero-order chi connectivity index (χ0) is 13.7. The van der Waals surface area contributed by atoms with Crippen molar-refractivity contribution in [3.05, 3.63) is 35.4 Å². The van der Waals surface area contributed by atoms with E-state index >= 15 is 0 Å².